The molecular formula is C6H3BrF5N2. The van der Waals surface area contributed by atoms with Crippen LogP contribution in [0.1, 0.15) is 5.69 Å². The van der Waals surface area contributed by atoms with Crippen molar-refractivity contribution in [1.29, 1.82) is 0 Å². The lowest BCUT2D eigenvalue weighted by atomic mass is 10.2. The number of alkyl halides is 5. The van der Waals surface area contributed by atoms with E-state index in [0.29, 0.717) is 0 Å². The second kappa shape index (κ2) is 3.18. The van der Waals surface area contributed by atoms with Gasteiger partial charge in [0.05, 0.1) is 4.47 Å². The van der Waals surface area contributed by atoms with Gasteiger partial charge >= 0.3 is 12.1 Å². The zero-order valence-corrected chi connectivity index (χ0v) is 8.25. The third kappa shape index (κ3) is 1.75. The maximum absolute atomic E-state index is 12.7. The van der Waals surface area contributed by atoms with E-state index in [0.717, 1.165) is 4.68 Å². The fourth-order valence-electron chi connectivity index (χ4n) is 0.749. The number of hydrogen-bond donors (Lipinski definition) is 0. The monoisotopic (exact) mass is 277 g/mol. The normalized spacial score (nSPS) is 13.4. The first-order chi connectivity index (χ1) is 6.16. The Morgan fingerprint density at radius 1 is 1.29 bits per heavy atom. The Labute approximate surface area is 83.8 Å². The van der Waals surface area contributed by atoms with Crippen LogP contribution in [0.5, 0.6) is 0 Å². The van der Waals surface area contributed by atoms with Crippen molar-refractivity contribution in [3.8, 4) is 0 Å². The highest BCUT2D eigenvalue weighted by molar-refractivity contribution is 9.10. The van der Waals surface area contributed by atoms with Crippen LogP contribution in [0.4, 0.5) is 22.0 Å². The van der Waals surface area contributed by atoms with Crippen LogP contribution in [-0.2, 0) is 13.0 Å². The van der Waals surface area contributed by atoms with Crippen molar-refractivity contribution in [2.75, 3.05) is 0 Å². The number of halogens is 6. The molecule has 0 atom stereocenters. The van der Waals surface area contributed by atoms with Gasteiger partial charge in [0.15, 0.2) is 5.69 Å². The third-order valence-corrected chi connectivity index (χ3v) is 1.92. The van der Waals surface area contributed by atoms with E-state index in [2.05, 4.69) is 27.2 Å². The minimum atomic E-state index is -5.66. The van der Waals surface area contributed by atoms with Crippen molar-refractivity contribution in [2.45, 2.75) is 12.1 Å². The number of aromatic nitrogens is 2. The Balaban J connectivity index is 3.22. The minimum Gasteiger partial charge on any atom is -0.265 e. The Kier molecular flexibility index (Phi) is 2.59. The van der Waals surface area contributed by atoms with Gasteiger partial charge in [0.1, 0.15) is 6.20 Å². The summed E-state index contributed by atoms with van der Waals surface area (Å²) in [7, 11) is 1.20. The van der Waals surface area contributed by atoms with Gasteiger partial charge in [-0.05, 0) is 15.9 Å². The lowest BCUT2D eigenvalue weighted by Crippen LogP contribution is -2.34. The maximum Gasteiger partial charge on any atom is 0.459 e. The lowest BCUT2D eigenvalue weighted by Gasteiger charge is -2.17. The van der Waals surface area contributed by atoms with Gasteiger partial charge < -0.3 is 0 Å². The number of hydrogen-bond acceptors (Lipinski definition) is 1. The van der Waals surface area contributed by atoms with Crippen LogP contribution in [-0.4, -0.2) is 16.0 Å². The highest BCUT2D eigenvalue weighted by Gasteiger charge is 2.61. The van der Waals surface area contributed by atoms with E-state index >= 15 is 0 Å². The summed E-state index contributed by atoms with van der Waals surface area (Å²) in [5.41, 5.74) is -1.38. The summed E-state index contributed by atoms with van der Waals surface area (Å²) in [6.45, 7) is 0. The van der Waals surface area contributed by atoms with Gasteiger partial charge in [0.25, 0.3) is 0 Å². The molecule has 0 spiro atoms. The molecule has 0 amide bonds. The average molecular weight is 278 g/mol. The summed E-state index contributed by atoms with van der Waals surface area (Å²) in [6, 6.07) is 0. The van der Waals surface area contributed by atoms with Crippen molar-refractivity contribution in [3.05, 3.63) is 16.4 Å². The zero-order valence-electron chi connectivity index (χ0n) is 6.66. The largest absolute Gasteiger partial charge is 0.459 e. The summed E-state index contributed by atoms with van der Waals surface area (Å²) in [5, 5.41) is 2.99. The predicted molar refractivity (Wildman–Crippen MR) is 39.7 cm³/mol. The average Bonchev–Trinajstić information content (AvgIpc) is 2.27. The van der Waals surface area contributed by atoms with Crippen LogP contribution in [0, 0.1) is 6.20 Å². The van der Waals surface area contributed by atoms with Gasteiger partial charge in [0.2, 0.25) is 0 Å². The molecular weight excluding hydrogens is 275 g/mol. The molecule has 79 valence electrons. The molecule has 8 heteroatoms. The number of rotatable bonds is 1. The molecule has 0 saturated heterocycles. The summed E-state index contributed by atoms with van der Waals surface area (Å²) < 4.78 is 61.2. The first kappa shape index (κ1) is 11.4. The summed E-state index contributed by atoms with van der Waals surface area (Å²) in [4.78, 5) is 0. The molecule has 0 N–H and O–H groups in total. The second-order valence-corrected chi connectivity index (χ2v) is 3.26. The van der Waals surface area contributed by atoms with Crippen LogP contribution in [0.25, 0.3) is 0 Å². The van der Waals surface area contributed by atoms with E-state index < -0.39 is 22.3 Å². The molecule has 0 aliphatic rings. The highest BCUT2D eigenvalue weighted by atomic mass is 79.9. The fraction of sp³-hybridized carbons (Fsp3) is 0.500. The second-order valence-electron chi connectivity index (χ2n) is 2.47. The van der Waals surface area contributed by atoms with Gasteiger partial charge in [-0.3, -0.25) is 4.68 Å². The molecule has 0 aliphatic carbocycles. The molecule has 0 saturated carbocycles. The van der Waals surface area contributed by atoms with Crippen LogP contribution in [0.2, 0.25) is 0 Å². The van der Waals surface area contributed by atoms with Crippen molar-refractivity contribution in [3.63, 3.8) is 0 Å². The first-order valence-corrected chi connectivity index (χ1v) is 4.02. The molecule has 14 heavy (non-hydrogen) atoms. The SMILES string of the molecule is Cn1[c]c(Br)c(C(F)(F)C(F)(F)F)n1. The third-order valence-electron chi connectivity index (χ3n) is 1.37. The van der Waals surface area contributed by atoms with Crippen LogP contribution in [0.15, 0.2) is 4.47 Å². The van der Waals surface area contributed by atoms with Crippen LogP contribution >= 0.6 is 15.9 Å². The first-order valence-electron chi connectivity index (χ1n) is 3.23. The molecule has 1 aromatic heterocycles. The van der Waals surface area contributed by atoms with E-state index in [9.17, 15) is 22.0 Å². The molecule has 0 fully saturated rings. The van der Waals surface area contributed by atoms with E-state index in [1.165, 1.54) is 7.05 Å². The number of nitrogens with zero attached hydrogens (tertiary/aromatic N) is 2. The Morgan fingerprint density at radius 2 is 1.79 bits per heavy atom. The molecule has 0 aliphatic heterocycles. The molecule has 0 aromatic carbocycles. The maximum atomic E-state index is 12.7. The lowest BCUT2D eigenvalue weighted by molar-refractivity contribution is -0.291. The van der Waals surface area contributed by atoms with Gasteiger partial charge in [-0.2, -0.15) is 27.1 Å². The van der Waals surface area contributed by atoms with Gasteiger partial charge in [-0.15, -0.1) is 0 Å². The van der Waals surface area contributed by atoms with Crippen LogP contribution < -0.4 is 0 Å². The van der Waals surface area contributed by atoms with Gasteiger partial charge in [0, 0.05) is 7.05 Å². The van der Waals surface area contributed by atoms with E-state index in [-0.39, 0.29) is 0 Å². The highest BCUT2D eigenvalue weighted by Crippen LogP contribution is 2.45. The summed E-state index contributed by atoms with van der Waals surface area (Å²) in [6.07, 6.45) is -3.53. The minimum absolute atomic E-state index is 0.498. The summed E-state index contributed by atoms with van der Waals surface area (Å²) in [5.74, 6) is -4.97. The van der Waals surface area contributed by atoms with Crippen molar-refractivity contribution in [2.24, 2.45) is 7.05 Å². The fourth-order valence-corrected chi connectivity index (χ4v) is 1.33. The quantitative estimate of drug-likeness (QED) is 0.722. The van der Waals surface area contributed by atoms with Crippen molar-refractivity contribution >= 4 is 15.9 Å². The molecule has 0 bridgehead atoms. The van der Waals surface area contributed by atoms with Gasteiger partial charge in [-0.25, -0.2) is 0 Å². The number of aryl methyl sites for hydroxylation is 1. The topological polar surface area (TPSA) is 17.8 Å². The Morgan fingerprint density at radius 3 is 2.07 bits per heavy atom. The molecule has 1 rings (SSSR count). The summed E-state index contributed by atoms with van der Waals surface area (Å²) >= 11 is 2.53. The van der Waals surface area contributed by atoms with Crippen LogP contribution in [0.3, 0.4) is 0 Å². The molecule has 2 nitrogen and oxygen atoms in total. The van der Waals surface area contributed by atoms with Crippen molar-refractivity contribution in [1.82, 2.24) is 9.78 Å². The van der Waals surface area contributed by atoms with Gasteiger partial charge in [-0.1, -0.05) is 0 Å². The van der Waals surface area contributed by atoms with E-state index in [4.69, 9.17) is 0 Å². The molecule has 1 radical (unpaired) electrons. The molecule has 0 unspecified atom stereocenters. The zero-order chi connectivity index (χ0) is 11.1. The molecule has 1 aromatic rings. The van der Waals surface area contributed by atoms with E-state index in [1.54, 1.807) is 0 Å². The van der Waals surface area contributed by atoms with Crippen molar-refractivity contribution < 1.29 is 22.0 Å². The Bertz CT molecular complexity index is 342. The predicted octanol–water partition coefficient (Wildman–Crippen LogP) is 2.64. The Hall–Kier alpha value is -0.660. The standard InChI is InChI=1S/C6H3BrF5N2/c1-14-2-3(7)4(13-14)5(8,9)6(10,11)12/h1H3. The smallest absolute Gasteiger partial charge is 0.265 e. The van der Waals surface area contributed by atoms with E-state index in [1.807, 2.05) is 0 Å². The molecule has 1 heterocycles.